The van der Waals surface area contributed by atoms with Crippen LogP contribution in [0, 0.1) is 0 Å². The summed E-state index contributed by atoms with van der Waals surface area (Å²) in [6.07, 6.45) is 1.65. The average molecular weight is 398 g/mol. The van der Waals surface area contributed by atoms with Crippen molar-refractivity contribution in [3.05, 3.63) is 48.0 Å². The Kier molecular flexibility index (Phi) is 7.33. The van der Waals surface area contributed by atoms with Crippen molar-refractivity contribution >= 4 is 17.5 Å². The van der Waals surface area contributed by atoms with Gasteiger partial charge in [0.2, 0.25) is 5.91 Å². The monoisotopic (exact) mass is 398 g/mol. The number of carbonyl (C=O) groups is 2. The van der Waals surface area contributed by atoms with E-state index in [4.69, 9.17) is 14.2 Å². The number of nitrogens with one attached hydrogen (secondary N) is 2. The van der Waals surface area contributed by atoms with Gasteiger partial charge in [-0.15, -0.1) is 0 Å². The Morgan fingerprint density at radius 2 is 1.86 bits per heavy atom. The smallest absolute Gasteiger partial charge is 0.255 e. The summed E-state index contributed by atoms with van der Waals surface area (Å²) in [5.74, 6) is 1.55. The minimum atomic E-state index is -0.211. The second-order valence-corrected chi connectivity index (χ2v) is 6.55. The van der Waals surface area contributed by atoms with Gasteiger partial charge < -0.3 is 24.8 Å². The molecule has 0 aromatic heterocycles. The molecule has 1 heterocycles. The highest BCUT2D eigenvalue weighted by molar-refractivity contribution is 5.97. The van der Waals surface area contributed by atoms with Crippen LogP contribution in [0.1, 0.15) is 36.5 Å². The lowest BCUT2D eigenvalue weighted by molar-refractivity contribution is -0.116. The Balaban J connectivity index is 1.43. The number of ether oxygens (including phenoxy) is 3. The van der Waals surface area contributed by atoms with Crippen LogP contribution < -0.4 is 24.8 Å². The number of fused-ring (bicyclic) bond motifs is 1. The van der Waals surface area contributed by atoms with Gasteiger partial charge in [0.15, 0.2) is 11.5 Å². The molecule has 0 unspecified atom stereocenters. The molecule has 0 atom stereocenters. The largest absolute Gasteiger partial charge is 0.493 e. The van der Waals surface area contributed by atoms with E-state index in [1.165, 1.54) is 0 Å². The Labute approximate surface area is 170 Å². The highest BCUT2D eigenvalue weighted by Crippen LogP contribution is 2.32. The molecular formula is C22H26N2O5. The Morgan fingerprint density at radius 1 is 1.07 bits per heavy atom. The van der Waals surface area contributed by atoms with Crippen LogP contribution in [0.4, 0.5) is 5.69 Å². The zero-order chi connectivity index (χ0) is 20.5. The molecule has 3 rings (SSSR count). The summed E-state index contributed by atoms with van der Waals surface area (Å²) in [6, 6.07) is 12.5. The third-order valence-corrected chi connectivity index (χ3v) is 4.33. The summed E-state index contributed by atoms with van der Waals surface area (Å²) in [5, 5.41) is 5.68. The van der Waals surface area contributed by atoms with E-state index >= 15 is 0 Å². The minimum Gasteiger partial charge on any atom is -0.493 e. The van der Waals surface area contributed by atoms with E-state index in [1.54, 1.807) is 36.4 Å². The molecule has 1 aliphatic heterocycles. The molecule has 0 fully saturated rings. The second kappa shape index (κ2) is 10.4. The van der Waals surface area contributed by atoms with Crippen molar-refractivity contribution in [1.29, 1.82) is 0 Å². The highest BCUT2D eigenvalue weighted by atomic mass is 16.5. The molecule has 0 saturated carbocycles. The molecule has 7 heteroatoms. The standard InChI is InChI=1S/C22H26N2O5/c1-2-27-18-8-4-3-7-17(18)22(26)23-12-5-9-21(25)24-16-10-11-19-20(15-16)29-14-6-13-28-19/h3-4,7-8,10-11,15H,2,5-6,9,12-14H2,1H3,(H,23,26)(H,24,25). The normalized spacial score (nSPS) is 12.6. The Morgan fingerprint density at radius 3 is 2.69 bits per heavy atom. The molecule has 7 nitrogen and oxygen atoms in total. The number of anilines is 1. The molecule has 0 aliphatic carbocycles. The van der Waals surface area contributed by atoms with Crippen LogP contribution in [-0.4, -0.2) is 38.2 Å². The summed E-state index contributed by atoms with van der Waals surface area (Å²) in [4.78, 5) is 24.5. The topological polar surface area (TPSA) is 85.9 Å². The summed E-state index contributed by atoms with van der Waals surface area (Å²) in [6.45, 7) is 3.98. The van der Waals surface area contributed by atoms with E-state index < -0.39 is 0 Å². The number of hydrogen-bond acceptors (Lipinski definition) is 5. The maximum Gasteiger partial charge on any atom is 0.255 e. The summed E-state index contributed by atoms with van der Waals surface area (Å²) < 4.78 is 16.7. The quantitative estimate of drug-likeness (QED) is 0.666. The van der Waals surface area contributed by atoms with Crippen LogP contribution in [0.3, 0.4) is 0 Å². The van der Waals surface area contributed by atoms with Crippen LogP contribution in [0.5, 0.6) is 17.2 Å². The van der Waals surface area contributed by atoms with Gasteiger partial charge in [0.05, 0.1) is 25.4 Å². The lowest BCUT2D eigenvalue weighted by Gasteiger charge is -2.11. The van der Waals surface area contributed by atoms with Crippen molar-refractivity contribution in [2.24, 2.45) is 0 Å². The average Bonchev–Trinajstić information content (AvgIpc) is 2.97. The number of carbonyl (C=O) groups excluding carboxylic acids is 2. The predicted molar refractivity (Wildman–Crippen MR) is 110 cm³/mol. The molecule has 2 N–H and O–H groups in total. The van der Waals surface area contributed by atoms with Crippen LogP contribution in [0.15, 0.2) is 42.5 Å². The van der Waals surface area contributed by atoms with E-state index in [1.807, 2.05) is 13.0 Å². The molecule has 2 aromatic rings. The molecular weight excluding hydrogens is 372 g/mol. The van der Waals surface area contributed by atoms with Gasteiger partial charge in [-0.25, -0.2) is 0 Å². The molecule has 29 heavy (non-hydrogen) atoms. The molecule has 0 radical (unpaired) electrons. The van der Waals surface area contributed by atoms with Crippen molar-refractivity contribution in [2.75, 3.05) is 31.7 Å². The first-order chi connectivity index (χ1) is 14.2. The SMILES string of the molecule is CCOc1ccccc1C(=O)NCCCC(=O)Nc1ccc2c(c1)OCCCO2. The molecule has 0 saturated heterocycles. The Hall–Kier alpha value is -3.22. The third kappa shape index (κ3) is 5.88. The molecule has 1 aliphatic rings. The fourth-order valence-electron chi connectivity index (χ4n) is 2.95. The van der Waals surface area contributed by atoms with Crippen molar-refractivity contribution < 1.29 is 23.8 Å². The first-order valence-corrected chi connectivity index (χ1v) is 9.87. The molecule has 0 bridgehead atoms. The van der Waals surface area contributed by atoms with Gasteiger partial charge >= 0.3 is 0 Å². The van der Waals surface area contributed by atoms with E-state index in [-0.39, 0.29) is 11.8 Å². The number of rotatable bonds is 8. The van der Waals surface area contributed by atoms with E-state index in [9.17, 15) is 9.59 Å². The Bertz CT molecular complexity index is 853. The van der Waals surface area contributed by atoms with E-state index in [2.05, 4.69) is 10.6 Å². The lowest BCUT2D eigenvalue weighted by Crippen LogP contribution is -2.26. The van der Waals surface area contributed by atoms with Crippen molar-refractivity contribution in [3.8, 4) is 17.2 Å². The fraction of sp³-hybridized carbons (Fsp3) is 0.364. The summed E-state index contributed by atoms with van der Waals surface area (Å²) in [5.41, 5.74) is 1.15. The second-order valence-electron chi connectivity index (χ2n) is 6.55. The summed E-state index contributed by atoms with van der Waals surface area (Å²) >= 11 is 0. The van der Waals surface area contributed by atoms with E-state index in [0.717, 1.165) is 6.42 Å². The van der Waals surface area contributed by atoms with Crippen molar-refractivity contribution in [2.45, 2.75) is 26.2 Å². The first-order valence-electron chi connectivity index (χ1n) is 9.87. The predicted octanol–water partition coefficient (Wildman–Crippen LogP) is 3.40. The minimum absolute atomic E-state index is 0.122. The van der Waals surface area contributed by atoms with Crippen LogP contribution in [0.25, 0.3) is 0 Å². The van der Waals surface area contributed by atoms with Crippen LogP contribution in [0.2, 0.25) is 0 Å². The zero-order valence-corrected chi connectivity index (χ0v) is 16.5. The molecule has 2 aromatic carbocycles. The van der Waals surface area contributed by atoms with Gasteiger partial charge in [-0.05, 0) is 37.6 Å². The lowest BCUT2D eigenvalue weighted by atomic mass is 10.2. The number of hydrogen-bond donors (Lipinski definition) is 2. The molecule has 2 amide bonds. The fourth-order valence-corrected chi connectivity index (χ4v) is 2.95. The number of benzene rings is 2. The molecule has 0 spiro atoms. The van der Waals surface area contributed by atoms with Crippen molar-refractivity contribution in [3.63, 3.8) is 0 Å². The molecule has 154 valence electrons. The van der Waals surface area contributed by atoms with Crippen LogP contribution in [-0.2, 0) is 4.79 Å². The number of amides is 2. The van der Waals surface area contributed by atoms with Gasteiger partial charge in [-0.3, -0.25) is 9.59 Å². The maximum atomic E-state index is 12.3. The summed E-state index contributed by atoms with van der Waals surface area (Å²) in [7, 11) is 0. The third-order valence-electron chi connectivity index (χ3n) is 4.33. The van der Waals surface area contributed by atoms with Crippen LogP contribution >= 0.6 is 0 Å². The first kappa shape index (κ1) is 20.5. The van der Waals surface area contributed by atoms with Gasteiger partial charge in [-0.2, -0.15) is 0 Å². The van der Waals surface area contributed by atoms with Gasteiger partial charge in [0.25, 0.3) is 5.91 Å². The van der Waals surface area contributed by atoms with E-state index in [0.29, 0.717) is 67.7 Å². The van der Waals surface area contributed by atoms with Gasteiger partial charge in [-0.1, -0.05) is 12.1 Å². The zero-order valence-electron chi connectivity index (χ0n) is 16.5. The number of para-hydroxylation sites is 1. The highest BCUT2D eigenvalue weighted by Gasteiger charge is 2.13. The van der Waals surface area contributed by atoms with Gasteiger partial charge in [0.1, 0.15) is 5.75 Å². The van der Waals surface area contributed by atoms with Gasteiger partial charge in [0, 0.05) is 31.1 Å². The van der Waals surface area contributed by atoms with Crippen molar-refractivity contribution in [1.82, 2.24) is 5.32 Å². The maximum absolute atomic E-state index is 12.3.